The average Bonchev–Trinajstić information content (AvgIpc) is 2.34. The molecule has 0 spiro atoms. The molecule has 0 aromatic heterocycles. The van der Waals surface area contributed by atoms with Gasteiger partial charge in [-0.15, -0.1) is 0 Å². The monoisotopic (exact) mass is 349 g/mol. The Bertz CT molecular complexity index is 529. The van der Waals surface area contributed by atoms with Gasteiger partial charge in [0, 0.05) is 17.6 Å². The summed E-state index contributed by atoms with van der Waals surface area (Å²) in [5, 5.41) is 9.05. The Morgan fingerprint density at radius 3 is 2.42 bits per heavy atom. The quantitative estimate of drug-likeness (QED) is 0.858. The van der Waals surface area contributed by atoms with Crippen molar-refractivity contribution < 1.29 is 13.5 Å². The SMILES string of the molecule is CCN(CC(C)C)S(=O)(=O)c1ccc(CO)cc1Br. The lowest BCUT2D eigenvalue weighted by molar-refractivity contribution is 0.281. The van der Waals surface area contributed by atoms with E-state index in [9.17, 15) is 8.42 Å². The van der Waals surface area contributed by atoms with Crippen molar-refractivity contribution in [3.05, 3.63) is 28.2 Å². The number of hydrogen-bond donors (Lipinski definition) is 1. The van der Waals surface area contributed by atoms with Gasteiger partial charge >= 0.3 is 0 Å². The molecule has 0 radical (unpaired) electrons. The number of rotatable bonds is 6. The smallest absolute Gasteiger partial charge is 0.244 e. The second-order valence-electron chi connectivity index (χ2n) is 4.77. The van der Waals surface area contributed by atoms with Crippen LogP contribution in [0.2, 0.25) is 0 Å². The average molecular weight is 350 g/mol. The van der Waals surface area contributed by atoms with E-state index in [1.165, 1.54) is 10.4 Å². The summed E-state index contributed by atoms with van der Waals surface area (Å²) >= 11 is 3.27. The summed E-state index contributed by atoms with van der Waals surface area (Å²) in [6.07, 6.45) is 0. The van der Waals surface area contributed by atoms with E-state index >= 15 is 0 Å². The molecule has 0 saturated carbocycles. The van der Waals surface area contributed by atoms with Crippen LogP contribution in [-0.4, -0.2) is 30.9 Å². The highest BCUT2D eigenvalue weighted by molar-refractivity contribution is 9.10. The lowest BCUT2D eigenvalue weighted by Crippen LogP contribution is -2.34. The largest absolute Gasteiger partial charge is 0.392 e. The lowest BCUT2D eigenvalue weighted by atomic mass is 10.2. The van der Waals surface area contributed by atoms with Crippen molar-refractivity contribution in [2.45, 2.75) is 32.3 Å². The van der Waals surface area contributed by atoms with Crippen LogP contribution in [-0.2, 0) is 16.6 Å². The van der Waals surface area contributed by atoms with E-state index in [0.29, 0.717) is 23.1 Å². The van der Waals surface area contributed by atoms with Crippen LogP contribution >= 0.6 is 15.9 Å². The molecule has 0 bridgehead atoms. The van der Waals surface area contributed by atoms with Crippen LogP contribution in [0.3, 0.4) is 0 Å². The van der Waals surface area contributed by atoms with Crippen molar-refractivity contribution in [2.24, 2.45) is 5.92 Å². The Kier molecular flexibility index (Phi) is 5.98. The third-order valence-corrected chi connectivity index (χ3v) is 5.64. The van der Waals surface area contributed by atoms with E-state index in [2.05, 4.69) is 15.9 Å². The van der Waals surface area contributed by atoms with Crippen molar-refractivity contribution in [2.75, 3.05) is 13.1 Å². The molecule has 1 rings (SSSR count). The first kappa shape index (κ1) is 16.6. The fourth-order valence-corrected chi connectivity index (χ4v) is 4.49. The Morgan fingerprint density at radius 1 is 1.37 bits per heavy atom. The van der Waals surface area contributed by atoms with Crippen LogP contribution in [0.25, 0.3) is 0 Å². The minimum Gasteiger partial charge on any atom is -0.392 e. The van der Waals surface area contributed by atoms with Gasteiger partial charge in [0.2, 0.25) is 10.0 Å². The molecule has 0 unspecified atom stereocenters. The van der Waals surface area contributed by atoms with Gasteiger partial charge < -0.3 is 5.11 Å². The fourth-order valence-electron chi connectivity index (χ4n) is 1.80. The van der Waals surface area contributed by atoms with Crippen molar-refractivity contribution >= 4 is 26.0 Å². The predicted octanol–water partition coefficient (Wildman–Crippen LogP) is 2.61. The van der Waals surface area contributed by atoms with Gasteiger partial charge in [-0.25, -0.2) is 8.42 Å². The maximum absolute atomic E-state index is 12.6. The molecule has 0 amide bonds. The van der Waals surface area contributed by atoms with Gasteiger partial charge in [0.15, 0.2) is 0 Å². The van der Waals surface area contributed by atoms with Crippen molar-refractivity contribution in [1.82, 2.24) is 4.31 Å². The van der Waals surface area contributed by atoms with Crippen molar-refractivity contribution in [3.63, 3.8) is 0 Å². The summed E-state index contributed by atoms with van der Waals surface area (Å²) in [6, 6.07) is 4.80. The zero-order valence-electron chi connectivity index (χ0n) is 11.4. The van der Waals surface area contributed by atoms with E-state index in [-0.39, 0.29) is 17.4 Å². The Hall–Kier alpha value is -0.430. The number of halogens is 1. The molecule has 1 N–H and O–H groups in total. The van der Waals surface area contributed by atoms with E-state index < -0.39 is 10.0 Å². The molecule has 0 aliphatic carbocycles. The lowest BCUT2D eigenvalue weighted by Gasteiger charge is -2.23. The zero-order chi connectivity index (χ0) is 14.6. The molecule has 0 heterocycles. The van der Waals surface area contributed by atoms with E-state index in [1.54, 1.807) is 12.1 Å². The van der Waals surface area contributed by atoms with E-state index in [4.69, 9.17) is 5.11 Å². The number of nitrogens with zero attached hydrogens (tertiary/aromatic N) is 1. The van der Waals surface area contributed by atoms with Gasteiger partial charge in [0.25, 0.3) is 0 Å². The van der Waals surface area contributed by atoms with Gasteiger partial charge in [-0.3, -0.25) is 0 Å². The summed E-state index contributed by atoms with van der Waals surface area (Å²) in [5.74, 6) is 0.269. The first-order chi connectivity index (χ1) is 8.82. The molecule has 1 aromatic carbocycles. The fraction of sp³-hybridized carbons (Fsp3) is 0.538. The van der Waals surface area contributed by atoms with Crippen LogP contribution in [0.4, 0.5) is 0 Å². The molecule has 0 aliphatic heterocycles. The van der Waals surface area contributed by atoms with E-state index in [1.807, 2.05) is 20.8 Å². The first-order valence-electron chi connectivity index (χ1n) is 6.22. The number of hydrogen-bond acceptors (Lipinski definition) is 3. The van der Waals surface area contributed by atoms with Crippen LogP contribution in [0.1, 0.15) is 26.3 Å². The highest BCUT2D eigenvalue weighted by Gasteiger charge is 2.25. The Morgan fingerprint density at radius 2 is 2.00 bits per heavy atom. The van der Waals surface area contributed by atoms with Crippen molar-refractivity contribution in [3.8, 4) is 0 Å². The third kappa shape index (κ3) is 4.02. The summed E-state index contributed by atoms with van der Waals surface area (Å²) in [4.78, 5) is 0.243. The molecule has 0 fully saturated rings. The molecule has 0 aliphatic rings. The zero-order valence-corrected chi connectivity index (χ0v) is 13.8. The van der Waals surface area contributed by atoms with Crippen LogP contribution in [0.5, 0.6) is 0 Å². The molecule has 0 saturated heterocycles. The molecule has 108 valence electrons. The maximum Gasteiger partial charge on any atom is 0.244 e. The molecular weight excluding hydrogens is 330 g/mol. The molecule has 0 atom stereocenters. The van der Waals surface area contributed by atoms with Crippen LogP contribution in [0.15, 0.2) is 27.6 Å². The Balaban J connectivity index is 3.18. The molecule has 19 heavy (non-hydrogen) atoms. The number of sulfonamides is 1. The topological polar surface area (TPSA) is 57.6 Å². The van der Waals surface area contributed by atoms with Crippen LogP contribution in [0, 0.1) is 5.92 Å². The standard InChI is InChI=1S/C13H20BrNO3S/c1-4-15(8-10(2)3)19(17,18)13-6-5-11(9-16)7-12(13)14/h5-7,10,16H,4,8-9H2,1-3H3. The maximum atomic E-state index is 12.6. The van der Waals surface area contributed by atoms with Crippen molar-refractivity contribution in [1.29, 1.82) is 0 Å². The van der Waals surface area contributed by atoms with Gasteiger partial charge in [-0.2, -0.15) is 4.31 Å². The molecule has 4 nitrogen and oxygen atoms in total. The summed E-state index contributed by atoms with van der Waals surface area (Å²) in [6.45, 7) is 6.63. The van der Waals surface area contributed by atoms with Gasteiger partial charge in [0.1, 0.15) is 0 Å². The van der Waals surface area contributed by atoms with E-state index in [0.717, 1.165) is 0 Å². The highest BCUT2D eigenvalue weighted by atomic mass is 79.9. The van der Waals surface area contributed by atoms with Crippen LogP contribution < -0.4 is 0 Å². The molecule has 1 aromatic rings. The first-order valence-corrected chi connectivity index (χ1v) is 8.45. The summed E-state index contributed by atoms with van der Waals surface area (Å²) in [7, 11) is -3.50. The second-order valence-corrected chi connectivity index (χ2v) is 7.53. The highest BCUT2D eigenvalue weighted by Crippen LogP contribution is 2.26. The molecular formula is C13H20BrNO3S. The molecule has 6 heteroatoms. The van der Waals surface area contributed by atoms with Gasteiger partial charge in [-0.1, -0.05) is 26.8 Å². The normalized spacial score (nSPS) is 12.4. The minimum absolute atomic E-state index is 0.109. The Labute approximate surface area is 123 Å². The summed E-state index contributed by atoms with van der Waals surface area (Å²) < 4.78 is 27.1. The number of benzene rings is 1. The second kappa shape index (κ2) is 6.83. The van der Waals surface area contributed by atoms with Gasteiger partial charge in [0.05, 0.1) is 11.5 Å². The number of aliphatic hydroxyl groups is 1. The number of aliphatic hydroxyl groups excluding tert-OH is 1. The predicted molar refractivity (Wildman–Crippen MR) is 79.3 cm³/mol. The third-order valence-electron chi connectivity index (χ3n) is 2.72. The van der Waals surface area contributed by atoms with Gasteiger partial charge in [-0.05, 0) is 39.5 Å². The summed E-state index contributed by atoms with van der Waals surface area (Å²) in [5.41, 5.74) is 0.678. The minimum atomic E-state index is -3.50.